The smallest absolute Gasteiger partial charge is 0.240 e. The van der Waals surface area contributed by atoms with Gasteiger partial charge in [0, 0.05) is 14.0 Å². The van der Waals surface area contributed by atoms with Gasteiger partial charge in [-0.1, -0.05) is 6.92 Å². The minimum Gasteiger partial charge on any atom is -0.394 e. The van der Waals surface area contributed by atoms with E-state index in [-0.39, 0.29) is 25.0 Å². The summed E-state index contributed by atoms with van der Waals surface area (Å²) in [5.74, 6) is -0.418. The third kappa shape index (κ3) is 4.78. The second kappa shape index (κ2) is 5.70. The summed E-state index contributed by atoms with van der Waals surface area (Å²) < 4.78 is 0. The summed E-state index contributed by atoms with van der Waals surface area (Å²) in [5.41, 5.74) is -0.602. The summed E-state index contributed by atoms with van der Waals surface area (Å²) in [6, 6.07) is 0. The Kier molecular flexibility index (Phi) is 5.28. The monoisotopic (exact) mass is 216 g/mol. The largest absolute Gasteiger partial charge is 0.394 e. The second-order valence-corrected chi connectivity index (χ2v) is 4.00. The molecule has 5 nitrogen and oxygen atoms in total. The van der Waals surface area contributed by atoms with E-state index in [0.717, 1.165) is 0 Å². The lowest BCUT2D eigenvalue weighted by molar-refractivity contribution is -0.134. The minimum absolute atomic E-state index is 0.0188. The zero-order valence-corrected chi connectivity index (χ0v) is 9.83. The molecular formula is C10H20N2O3. The normalized spacial score (nSPS) is 14.2. The van der Waals surface area contributed by atoms with E-state index in [9.17, 15) is 9.59 Å². The number of carbonyl (C=O) groups excluding carboxylic acids is 2. The molecule has 1 atom stereocenters. The summed E-state index contributed by atoms with van der Waals surface area (Å²) in [6.07, 6.45) is 0.638. The lowest BCUT2D eigenvalue weighted by Crippen LogP contribution is -2.51. The summed E-state index contributed by atoms with van der Waals surface area (Å²) in [4.78, 5) is 23.7. The van der Waals surface area contributed by atoms with Gasteiger partial charge in [0.1, 0.15) is 0 Å². The highest BCUT2D eigenvalue weighted by Gasteiger charge is 2.23. The molecule has 2 amide bonds. The molecule has 15 heavy (non-hydrogen) atoms. The Morgan fingerprint density at radius 3 is 2.33 bits per heavy atom. The highest BCUT2D eigenvalue weighted by Crippen LogP contribution is 2.07. The van der Waals surface area contributed by atoms with Crippen LogP contribution in [0.3, 0.4) is 0 Å². The Balaban J connectivity index is 4.19. The lowest BCUT2D eigenvalue weighted by Gasteiger charge is -2.28. The third-order valence-corrected chi connectivity index (χ3v) is 2.49. The molecule has 0 spiro atoms. The Morgan fingerprint density at radius 1 is 1.47 bits per heavy atom. The number of amides is 2. The first-order valence-electron chi connectivity index (χ1n) is 4.98. The quantitative estimate of drug-likeness (QED) is 0.665. The average Bonchev–Trinajstić information content (AvgIpc) is 2.17. The van der Waals surface area contributed by atoms with Crippen molar-refractivity contribution in [3.05, 3.63) is 0 Å². The molecule has 0 aliphatic rings. The van der Waals surface area contributed by atoms with Crippen LogP contribution in [0.2, 0.25) is 0 Å². The van der Waals surface area contributed by atoms with Crippen molar-refractivity contribution < 1.29 is 14.7 Å². The Bertz CT molecular complexity index is 237. The van der Waals surface area contributed by atoms with E-state index in [4.69, 9.17) is 5.11 Å². The van der Waals surface area contributed by atoms with Crippen LogP contribution < -0.4 is 5.32 Å². The van der Waals surface area contributed by atoms with Crippen LogP contribution in [0.1, 0.15) is 27.2 Å². The van der Waals surface area contributed by atoms with Gasteiger partial charge in [0.25, 0.3) is 0 Å². The highest BCUT2D eigenvalue weighted by atomic mass is 16.3. The van der Waals surface area contributed by atoms with Gasteiger partial charge in [0.2, 0.25) is 11.8 Å². The summed E-state index contributed by atoms with van der Waals surface area (Å²) >= 11 is 0. The van der Waals surface area contributed by atoms with E-state index in [1.807, 2.05) is 6.92 Å². The molecule has 0 bridgehead atoms. The van der Waals surface area contributed by atoms with Gasteiger partial charge in [0.15, 0.2) is 0 Å². The number of rotatable bonds is 5. The van der Waals surface area contributed by atoms with Crippen LogP contribution in [0.4, 0.5) is 0 Å². The topological polar surface area (TPSA) is 69.6 Å². The molecule has 0 fully saturated rings. The van der Waals surface area contributed by atoms with Gasteiger partial charge >= 0.3 is 0 Å². The number of carbonyl (C=O) groups is 2. The molecular weight excluding hydrogens is 196 g/mol. The number of nitrogens with one attached hydrogen (secondary N) is 1. The molecule has 0 rings (SSSR count). The number of aliphatic hydroxyl groups excluding tert-OH is 1. The van der Waals surface area contributed by atoms with Crippen molar-refractivity contribution >= 4 is 11.8 Å². The fraction of sp³-hybridized carbons (Fsp3) is 0.800. The van der Waals surface area contributed by atoms with Gasteiger partial charge in [0.05, 0.1) is 18.7 Å². The summed E-state index contributed by atoms with van der Waals surface area (Å²) in [5, 5.41) is 11.8. The zero-order chi connectivity index (χ0) is 12.1. The van der Waals surface area contributed by atoms with E-state index in [1.165, 1.54) is 11.8 Å². The molecule has 0 aromatic carbocycles. The second-order valence-electron chi connectivity index (χ2n) is 4.00. The fourth-order valence-electron chi connectivity index (χ4n) is 0.943. The number of hydrogen-bond donors (Lipinski definition) is 2. The van der Waals surface area contributed by atoms with Gasteiger partial charge < -0.3 is 15.3 Å². The van der Waals surface area contributed by atoms with Crippen LogP contribution in [-0.2, 0) is 9.59 Å². The van der Waals surface area contributed by atoms with Crippen molar-refractivity contribution in [2.75, 3.05) is 20.2 Å². The first-order valence-corrected chi connectivity index (χ1v) is 4.98. The SMILES string of the molecule is CCC(C)(CO)NC(=O)CN(C)C(C)=O. The Hall–Kier alpha value is -1.10. The van der Waals surface area contributed by atoms with Gasteiger partial charge in [-0.3, -0.25) is 9.59 Å². The van der Waals surface area contributed by atoms with Gasteiger partial charge in [-0.15, -0.1) is 0 Å². The molecule has 0 saturated carbocycles. The highest BCUT2D eigenvalue weighted by molar-refractivity contribution is 5.84. The molecule has 0 aliphatic carbocycles. The first kappa shape index (κ1) is 13.9. The number of likely N-dealkylation sites (N-methyl/N-ethyl adjacent to an activating group) is 1. The molecule has 2 N–H and O–H groups in total. The number of nitrogens with zero attached hydrogens (tertiary/aromatic N) is 1. The van der Waals surface area contributed by atoms with Gasteiger partial charge in [-0.05, 0) is 13.3 Å². The van der Waals surface area contributed by atoms with Crippen LogP contribution in [0.15, 0.2) is 0 Å². The van der Waals surface area contributed by atoms with Gasteiger partial charge in [-0.2, -0.15) is 0 Å². The Morgan fingerprint density at radius 2 is 2.00 bits per heavy atom. The molecule has 0 saturated heterocycles. The van der Waals surface area contributed by atoms with Crippen molar-refractivity contribution in [3.8, 4) is 0 Å². The molecule has 0 aromatic heterocycles. The zero-order valence-electron chi connectivity index (χ0n) is 9.83. The summed E-state index contributed by atoms with van der Waals surface area (Å²) in [6.45, 7) is 4.95. The van der Waals surface area contributed by atoms with Crippen LogP contribution in [0, 0.1) is 0 Å². The molecule has 0 aromatic rings. The van der Waals surface area contributed by atoms with Crippen LogP contribution in [0.5, 0.6) is 0 Å². The third-order valence-electron chi connectivity index (χ3n) is 2.49. The average molecular weight is 216 g/mol. The van der Waals surface area contributed by atoms with E-state index in [2.05, 4.69) is 5.32 Å². The molecule has 5 heteroatoms. The standard InChI is InChI=1S/C10H20N2O3/c1-5-10(3,7-13)11-9(15)6-12(4)8(2)14/h13H,5-7H2,1-4H3,(H,11,15). The Labute approximate surface area is 90.5 Å². The van der Waals surface area contributed by atoms with Crippen molar-refractivity contribution in [1.29, 1.82) is 0 Å². The molecule has 0 radical (unpaired) electrons. The van der Waals surface area contributed by atoms with Crippen molar-refractivity contribution in [3.63, 3.8) is 0 Å². The predicted octanol–water partition coefficient (Wildman–Crippen LogP) is -0.258. The summed E-state index contributed by atoms with van der Waals surface area (Å²) in [7, 11) is 1.56. The molecule has 0 aliphatic heterocycles. The van der Waals surface area contributed by atoms with Crippen molar-refractivity contribution in [2.45, 2.75) is 32.7 Å². The maximum Gasteiger partial charge on any atom is 0.240 e. The maximum atomic E-state index is 11.5. The lowest BCUT2D eigenvalue weighted by atomic mass is 10.0. The maximum absolute atomic E-state index is 11.5. The van der Waals surface area contributed by atoms with E-state index >= 15 is 0 Å². The van der Waals surface area contributed by atoms with Crippen LogP contribution in [0.25, 0.3) is 0 Å². The molecule has 88 valence electrons. The van der Waals surface area contributed by atoms with Crippen molar-refractivity contribution in [2.24, 2.45) is 0 Å². The van der Waals surface area contributed by atoms with Crippen LogP contribution in [-0.4, -0.2) is 47.6 Å². The van der Waals surface area contributed by atoms with Crippen molar-refractivity contribution in [1.82, 2.24) is 10.2 Å². The van der Waals surface area contributed by atoms with E-state index < -0.39 is 5.54 Å². The molecule has 0 heterocycles. The number of hydrogen-bond acceptors (Lipinski definition) is 3. The first-order chi connectivity index (χ1) is 6.84. The van der Waals surface area contributed by atoms with Gasteiger partial charge in [-0.25, -0.2) is 0 Å². The molecule has 1 unspecified atom stereocenters. The number of aliphatic hydroxyl groups is 1. The minimum atomic E-state index is -0.602. The van der Waals surface area contributed by atoms with Crippen LogP contribution >= 0.6 is 0 Å². The fourth-order valence-corrected chi connectivity index (χ4v) is 0.943. The van der Waals surface area contributed by atoms with E-state index in [0.29, 0.717) is 6.42 Å². The predicted molar refractivity (Wildman–Crippen MR) is 57.2 cm³/mol. The van der Waals surface area contributed by atoms with E-state index in [1.54, 1.807) is 14.0 Å².